The second-order valence-electron chi connectivity index (χ2n) is 5.85. The van der Waals surface area contributed by atoms with Gasteiger partial charge in [-0.2, -0.15) is 0 Å². The third-order valence-corrected chi connectivity index (χ3v) is 4.44. The summed E-state index contributed by atoms with van der Waals surface area (Å²) in [7, 11) is 2.11. The SMILES string of the molecule is C#CC1(NC(=O)C2CCN(C)CC2)CCCCC1. The topological polar surface area (TPSA) is 32.3 Å². The van der Waals surface area contributed by atoms with E-state index in [2.05, 4.69) is 23.2 Å². The molecule has 1 aliphatic carbocycles. The van der Waals surface area contributed by atoms with Crippen LogP contribution in [0.25, 0.3) is 0 Å². The summed E-state index contributed by atoms with van der Waals surface area (Å²) in [5.74, 6) is 3.20. The van der Waals surface area contributed by atoms with Crippen molar-refractivity contribution in [2.45, 2.75) is 50.5 Å². The predicted octanol–water partition coefficient (Wildman–Crippen LogP) is 1.78. The molecule has 0 aromatic carbocycles. The minimum atomic E-state index is -0.349. The van der Waals surface area contributed by atoms with Crippen molar-refractivity contribution in [3.8, 4) is 12.3 Å². The number of nitrogens with zero attached hydrogens (tertiary/aromatic N) is 1. The van der Waals surface area contributed by atoms with Crippen LogP contribution in [0.2, 0.25) is 0 Å². The van der Waals surface area contributed by atoms with E-state index in [-0.39, 0.29) is 17.4 Å². The third-order valence-electron chi connectivity index (χ3n) is 4.44. The standard InChI is InChI=1S/C15H24N2O/c1-3-15(9-5-4-6-10-15)16-14(18)13-7-11-17(2)12-8-13/h1,13H,4-12H2,2H3,(H,16,18). The molecular weight excluding hydrogens is 224 g/mol. The number of amides is 1. The van der Waals surface area contributed by atoms with Crippen LogP contribution in [0.1, 0.15) is 44.9 Å². The minimum absolute atomic E-state index is 0.161. The Labute approximate surface area is 110 Å². The molecule has 1 N–H and O–H groups in total. The Morgan fingerprint density at radius 3 is 2.44 bits per heavy atom. The highest BCUT2D eigenvalue weighted by atomic mass is 16.2. The number of hydrogen-bond donors (Lipinski definition) is 1. The first-order chi connectivity index (χ1) is 8.65. The molecule has 2 rings (SSSR count). The average molecular weight is 248 g/mol. The molecule has 18 heavy (non-hydrogen) atoms. The Morgan fingerprint density at radius 1 is 1.28 bits per heavy atom. The molecule has 2 fully saturated rings. The van der Waals surface area contributed by atoms with E-state index < -0.39 is 0 Å². The fourth-order valence-corrected chi connectivity index (χ4v) is 3.07. The number of nitrogens with one attached hydrogen (secondary N) is 1. The van der Waals surface area contributed by atoms with Gasteiger partial charge in [-0.15, -0.1) is 6.42 Å². The van der Waals surface area contributed by atoms with Crippen LogP contribution >= 0.6 is 0 Å². The summed E-state index contributed by atoms with van der Waals surface area (Å²) in [6.45, 7) is 2.03. The first kappa shape index (κ1) is 13.4. The lowest BCUT2D eigenvalue weighted by Crippen LogP contribution is -2.51. The van der Waals surface area contributed by atoms with E-state index in [4.69, 9.17) is 6.42 Å². The van der Waals surface area contributed by atoms with E-state index in [0.717, 1.165) is 51.6 Å². The number of terminal acetylenes is 1. The van der Waals surface area contributed by atoms with Gasteiger partial charge in [0.1, 0.15) is 5.54 Å². The Kier molecular flexibility index (Phi) is 4.29. The van der Waals surface area contributed by atoms with Crippen molar-refractivity contribution < 1.29 is 4.79 Å². The highest BCUT2D eigenvalue weighted by Gasteiger charge is 2.34. The number of rotatable bonds is 2. The number of likely N-dealkylation sites (tertiary alicyclic amines) is 1. The molecule has 0 unspecified atom stereocenters. The van der Waals surface area contributed by atoms with Gasteiger partial charge in [0.15, 0.2) is 0 Å². The molecule has 1 saturated heterocycles. The molecule has 0 aromatic heterocycles. The molecular formula is C15H24N2O. The Hall–Kier alpha value is -1.01. The molecule has 3 heteroatoms. The van der Waals surface area contributed by atoms with Crippen LogP contribution in [0.15, 0.2) is 0 Å². The van der Waals surface area contributed by atoms with E-state index in [0.29, 0.717) is 0 Å². The molecule has 0 spiro atoms. The molecule has 1 heterocycles. The normalized spacial score (nSPS) is 25.3. The van der Waals surface area contributed by atoms with Gasteiger partial charge in [0.25, 0.3) is 0 Å². The molecule has 100 valence electrons. The summed E-state index contributed by atoms with van der Waals surface area (Å²) >= 11 is 0. The maximum atomic E-state index is 12.3. The summed E-state index contributed by atoms with van der Waals surface area (Å²) < 4.78 is 0. The van der Waals surface area contributed by atoms with Gasteiger partial charge < -0.3 is 10.2 Å². The molecule has 0 radical (unpaired) electrons. The Balaban J connectivity index is 1.91. The minimum Gasteiger partial charge on any atom is -0.340 e. The van der Waals surface area contributed by atoms with Crippen LogP contribution < -0.4 is 5.32 Å². The highest BCUT2D eigenvalue weighted by Crippen LogP contribution is 2.28. The van der Waals surface area contributed by atoms with Gasteiger partial charge in [-0.25, -0.2) is 0 Å². The van der Waals surface area contributed by atoms with Crippen molar-refractivity contribution >= 4 is 5.91 Å². The summed E-state index contributed by atoms with van der Waals surface area (Å²) in [6.07, 6.45) is 13.0. The predicted molar refractivity (Wildman–Crippen MR) is 73.0 cm³/mol. The summed E-state index contributed by atoms with van der Waals surface area (Å²) in [5, 5.41) is 3.17. The third kappa shape index (κ3) is 3.05. The van der Waals surface area contributed by atoms with Gasteiger partial charge in [0, 0.05) is 5.92 Å². The van der Waals surface area contributed by atoms with Gasteiger partial charge in [0.2, 0.25) is 5.91 Å². The largest absolute Gasteiger partial charge is 0.340 e. The molecule has 1 amide bonds. The van der Waals surface area contributed by atoms with Gasteiger partial charge in [0.05, 0.1) is 0 Å². The van der Waals surface area contributed by atoms with Crippen molar-refractivity contribution in [3.63, 3.8) is 0 Å². The summed E-state index contributed by atoms with van der Waals surface area (Å²) in [6, 6.07) is 0. The van der Waals surface area contributed by atoms with Crippen LogP contribution in [0.5, 0.6) is 0 Å². The van der Waals surface area contributed by atoms with Crippen molar-refractivity contribution in [2.24, 2.45) is 5.92 Å². The second kappa shape index (κ2) is 5.75. The van der Waals surface area contributed by atoms with E-state index in [9.17, 15) is 4.79 Å². The molecule has 3 nitrogen and oxygen atoms in total. The van der Waals surface area contributed by atoms with Crippen molar-refractivity contribution in [1.29, 1.82) is 0 Å². The Morgan fingerprint density at radius 2 is 1.89 bits per heavy atom. The van der Waals surface area contributed by atoms with Crippen LogP contribution in [-0.2, 0) is 4.79 Å². The monoisotopic (exact) mass is 248 g/mol. The zero-order chi connectivity index (χ0) is 13.0. The van der Waals surface area contributed by atoms with Gasteiger partial charge in [-0.3, -0.25) is 4.79 Å². The second-order valence-corrected chi connectivity index (χ2v) is 5.85. The number of hydrogen-bond acceptors (Lipinski definition) is 2. The average Bonchev–Trinajstić information content (AvgIpc) is 2.40. The smallest absolute Gasteiger partial charge is 0.224 e. The fraction of sp³-hybridized carbons (Fsp3) is 0.800. The zero-order valence-electron chi connectivity index (χ0n) is 11.4. The van der Waals surface area contributed by atoms with Crippen molar-refractivity contribution in [1.82, 2.24) is 10.2 Å². The number of carbonyl (C=O) groups is 1. The molecule has 0 atom stereocenters. The van der Waals surface area contributed by atoms with Crippen LogP contribution in [0, 0.1) is 18.3 Å². The van der Waals surface area contributed by atoms with Gasteiger partial charge in [-0.1, -0.05) is 25.2 Å². The first-order valence-corrected chi connectivity index (χ1v) is 7.13. The van der Waals surface area contributed by atoms with E-state index >= 15 is 0 Å². The van der Waals surface area contributed by atoms with Gasteiger partial charge >= 0.3 is 0 Å². The maximum Gasteiger partial charge on any atom is 0.224 e. The first-order valence-electron chi connectivity index (χ1n) is 7.13. The lowest BCUT2D eigenvalue weighted by molar-refractivity contribution is -0.128. The van der Waals surface area contributed by atoms with Crippen molar-refractivity contribution in [3.05, 3.63) is 0 Å². The van der Waals surface area contributed by atoms with E-state index in [1.807, 2.05) is 0 Å². The molecule has 0 aromatic rings. The number of piperidine rings is 1. The van der Waals surface area contributed by atoms with Crippen LogP contribution in [0.3, 0.4) is 0 Å². The van der Waals surface area contributed by atoms with Crippen LogP contribution in [-0.4, -0.2) is 36.5 Å². The summed E-state index contributed by atoms with van der Waals surface area (Å²) in [4.78, 5) is 14.6. The highest BCUT2D eigenvalue weighted by molar-refractivity contribution is 5.80. The summed E-state index contributed by atoms with van der Waals surface area (Å²) in [5.41, 5.74) is -0.349. The lowest BCUT2D eigenvalue weighted by atomic mass is 9.81. The Bertz CT molecular complexity index is 331. The molecule has 1 saturated carbocycles. The zero-order valence-corrected chi connectivity index (χ0v) is 11.4. The molecule has 2 aliphatic rings. The number of carbonyl (C=O) groups excluding carboxylic acids is 1. The van der Waals surface area contributed by atoms with Gasteiger partial charge in [-0.05, 0) is 45.8 Å². The van der Waals surface area contributed by atoms with Crippen molar-refractivity contribution in [2.75, 3.05) is 20.1 Å². The molecule has 1 aliphatic heterocycles. The van der Waals surface area contributed by atoms with E-state index in [1.165, 1.54) is 6.42 Å². The fourth-order valence-electron chi connectivity index (χ4n) is 3.07. The molecule has 0 bridgehead atoms. The quantitative estimate of drug-likeness (QED) is 0.756. The maximum absolute atomic E-state index is 12.3. The lowest BCUT2D eigenvalue weighted by Gasteiger charge is -2.36. The van der Waals surface area contributed by atoms with Crippen LogP contribution in [0.4, 0.5) is 0 Å². The van der Waals surface area contributed by atoms with E-state index in [1.54, 1.807) is 0 Å².